The lowest BCUT2D eigenvalue weighted by molar-refractivity contribution is -0.131. The van der Waals surface area contributed by atoms with Crippen molar-refractivity contribution in [3.63, 3.8) is 0 Å². The molecular formula is C10H12N2O2. The lowest BCUT2D eigenvalue weighted by Crippen LogP contribution is -1.96. The zero-order chi connectivity index (χ0) is 10.6. The molecule has 1 aromatic heterocycles. The van der Waals surface area contributed by atoms with Crippen LogP contribution >= 0.6 is 0 Å². The molecule has 0 fully saturated rings. The van der Waals surface area contributed by atoms with Crippen molar-refractivity contribution in [3.8, 4) is 0 Å². The van der Waals surface area contributed by atoms with Crippen molar-refractivity contribution in [2.45, 2.75) is 19.8 Å². The summed E-state index contributed by atoms with van der Waals surface area (Å²) >= 11 is 0. The zero-order valence-corrected chi connectivity index (χ0v) is 8.14. The van der Waals surface area contributed by atoms with Crippen molar-refractivity contribution in [1.29, 1.82) is 0 Å². The van der Waals surface area contributed by atoms with Crippen LogP contribution in [0.5, 0.6) is 0 Å². The van der Waals surface area contributed by atoms with E-state index in [1.165, 1.54) is 6.08 Å². The highest BCUT2D eigenvalue weighted by atomic mass is 16.4. The Morgan fingerprint density at radius 1 is 1.43 bits per heavy atom. The van der Waals surface area contributed by atoms with Crippen LogP contribution in [0.15, 0.2) is 18.5 Å². The second-order valence-electron chi connectivity index (χ2n) is 3.20. The van der Waals surface area contributed by atoms with E-state index in [0.717, 1.165) is 11.9 Å². The fraction of sp³-hybridized carbons (Fsp3) is 0.300. The first-order chi connectivity index (χ1) is 6.59. The molecule has 1 heterocycles. The van der Waals surface area contributed by atoms with Crippen LogP contribution in [-0.2, 0) is 4.79 Å². The fourth-order valence-electron chi connectivity index (χ4n) is 0.900. The van der Waals surface area contributed by atoms with Gasteiger partial charge in [-0.1, -0.05) is 13.8 Å². The van der Waals surface area contributed by atoms with Crippen molar-refractivity contribution in [2.75, 3.05) is 0 Å². The van der Waals surface area contributed by atoms with E-state index >= 15 is 0 Å². The van der Waals surface area contributed by atoms with Crippen molar-refractivity contribution < 1.29 is 9.90 Å². The van der Waals surface area contributed by atoms with E-state index in [4.69, 9.17) is 5.11 Å². The molecule has 0 aliphatic rings. The normalized spacial score (nSPS) is 11.1. The average Bonchev–Trinajstić information content (AvgIpc) is 2.15. The maximum absolute atomic E-state index is 10.2. The van der Waals surface area contributed by atoms with Gasteiger partial charge in [0.25, 0.3) is 0 Å². The lowest BCUT2D eigenvalue weighted by atomic mass is 10.2. The van der Waals surface area contributed by atoms with Crippen LogP contribution in [0.4, 0.5) is 0 Å². The van der Waals surface area contributed by atoms with Crippen LogP contribution in [0.3, 0.4) is 0 Å². The van der Waals surface area contributed by atoms with E-state index in [2.05, 4.69) is 9.97 Å². The molecule has 0 atom stereocenters. The van der Waals surface area contributed by atoms with Crippen LogP contribution in [0, 0.1) is 0 Å². The number of rotatable bonds is 3. The number of carbonyl (C=O) groups is 1. The summed E-state index contributed by atoms with van der Waals surface area (Å²) in [5.74, 6) is 0.0721. The average molecular weight is 192 g/mol. The predicted molar refractivity (Wildman–Crippen MR) is 52.8 cm³/mol. The summed E-state index contributed by atoms with van der Waals surface area (Å²) in [6.45, 7) is 4.00. The van der Waals surface area contributed by atoms with E-state index in [1.54, 1.807) is 12.4 Å². The SMILES string of the molecule is CC(C)c1ncc(/C=C/C(=O)O)cn1. The number of carboxylic acid groups (broad SMARTS) is 1. The van der Waals surface area contributed by atoms with Gasteiger partial charge < -0.3 is 5.11 Å². The molecule has 0 saturated carbocycles. The van der Waals surface area contributed by atoms with E-state index in [9.17, 15) is 4.79 Å². The minimum absolute atomic E-state index is 0.285. The molecule has 0 unspecified atom stereocenters. The molecular weight excluding hydrogens is 180 g/mol. The van der Waals surface area contributed by atoms with Gasteiger partial charge in [0.05, 0.1) is 0 Å². The molecule has 0 aliphatic carbocycles. The number of hydrogen-bond acceptors (Lipinski definition) is 3. The van der Waals surface area contributed by atoms with Gasteiger partial charge in [0.2, 0.25) is 0 Å². The summed E-state index contributed by atoms with van der Waals surface area (Å²) in [5.41, 5.74) is 0.691. The van der Waals surface area contributed by atoms with Gasteiger partial charge in [-0.3, -0.25) is 0 Å². The predicted octanol–water partition coefficient (Wildman–Crippen LogP) is 1.70. The molecule has 1 N–H and O–H groups in total. The number of carboxylic acids is 1. The summed E-state index contributed by atoms with van der Waals surface area (Å²) in [4.78, 5) is 18.4. The number of hydrogen-bond donors (Lipinski definition) is 1. The molecule has 0 saturated heterocycles. The van der Waals surface area contributed by atoms with E-state index in [-0.39, 0.29) is 5.92 Å². The van der Waals surface area contributed by atoms with E-state index < -0.39 is 5.97 Å². The van der Waals surface area contributed by atoms with Crippen LogP contribution in [0.1, 0.15) is 31.2 Å². The zero-order valence-electron chi connectivity index (χ0n) is 8.14. The van der Waals surface area contributed by atoms with Crippen molar-refractivity contribution in [2.24, 2.45) is 0 Å². The van der Waals surface area contributed by atoms with Gasteiger partial charge in [-0.25, -0.2) is 14.8 Å². The molecule has 0 aromatic carbocycles. The molecule has 4 heteroatoms. The van der Waals surface area contributed by atoms with Gasteiger partial charge in [-0.2, -0.15) is 0 Å². The second-order valence-corrected chi connectivity index (χ2v) is 3.20. The number of nitrogens with zero attached hydrogens (tertiary/aromatic N) is 2. The second kappa shape index (κ2) is 4.50. The quantitative estimate of drug-likeness (QED) is 0.740. The van der Waals surface area contributed by atoms with Crippen molar-refractivity contribution >= 4 is 12.0 Å². The molecule has 0 bridgehead atoms. The Balaban J connectivity index is 2.78. The summed E-state index contributed by atoms with van der Waals surface area (Å²) in [5, 5.41) is 8.39. The highest BCUT2D eigenvalue weighted by molar-refractivity contribution is 5.85. The molecule has 14 heavy (non-hydrogen) atoms. The van der Waals surface area contributed by atoms with Crippen molar-refractivity contribution in [3.05, 3.63) is 29.9 Å². The Bertz CT molecular complexity index is 342. The van der Waals surface area contributed by atoms with Crippen LogP contribution in [0.25, 0.3) is 6.08 Å². The van der Waals surface area contributed by atoms with Gasteiger partial charge in [0.15, 0.2) is 0 Å². The Morgan fingerprint density at radius 2 is 2.00 bits per heavy atom. The van der Waals surface area contributed by atoms with Gasteiger partial charge in [0, 0.05) is 30.0 Å². The topological polar surface area (TPSA) is 63.1 Å². The van der Waals surface area contributed by atoms with E-state index in [1.807, 2.05) is 13.8 Å². The lowest BCUT2D eigenvalue weighted by Gasteiger charge is -2.01. The smallest absolute Gasteiger partial charge is 0.328 e. The Labute approximate surface area is 82.3 Å². The van der Waals surface area contributed by atoms with E-state index in [0.29, 0.717) is 5.56 Å². The minimum atomic E-state index is -0.974. The molecule has 4 nitrogen and oxygen atoms in total. The first-order valence-electron chi connectivity index (χ1n) is 4.32. The Morgan fingerprint density at radius 3 is 2.43 bits per heavy atom. The first-order valence-corrected chi connectivity index (χ1v) is 4.32. The molecule has 1 aromatic rings. The van der Waals surface area contributed by atoms with Crippen LogP contribution in [-0.4, -0.2) is 21.0 Å². The van der Waals surface area contributed by atoms with Gasteiger partial charge in [0.1, 0.15) is 5.82 Å². The summed E-state index contributed by atoms with van der Waals surface area (Å²) in [7, 11) is 0. The van der Waals surface area contributed by atoms with Gasteiger partial charge in [-0.15, -0.1) is 0 Å². The van der Waals surface area contributed by atoms with Gasteiger partial charge >= 0.3 is 5.97 Å². The minimum Gasteiger partial charge on any atom is -0.478 e. The summed E-state index contributed by atoms with van der Waals surface area (Å²) in [6, 6.07) is 0. The largest absolute Gasteiger partial charge is 0.478 e. The summed E-state index contributed by atoms with van der Waals surface area (Å²) in [6.07, 6.45) is 5.75. The monoisotopic (exact) mass is 192 g/mol. The highest BCUT2D eigenvalue weighted by Gasteiger charge is 2.00. The third-order valence-electron chi connectivity index (χ3n) is 1.63. The van der Waals surface area contributed by atoms with Gasteiger partial charge in [-0.05, 0) is 6.08 Å². The standard InChI is InChI=1S/C10H12N2O2/c1-7(2)10-11-5-8(6-12-10)3-4-9(13)14/h3-7H,1-2H3,(H,13,14)/b4-3+. The molecule has 0 radical (unpaired) electrons. The molecule has 74 valence electrons. The fourth-order valence-corrected chi connectivity index (χ4v) is 0.900. The molecule has 0 aliphatic heterocycles. The van der Waals surface area contributed by atoms with Crippen LogP contribution in [0.2, 0.25) is 0 Å². The molecule has 0 spiro atoms. The highest BCUT2D eigenvalue weighted by Crippen LogP contribution is 2.08. The maximum atomic E-state index is 10.2. The first kappa shape index (κ1) is 10.4. The van der Waals surface area contributed by atoms with Crippen LogP contribution < -0.4 is 0 Å². The third kappa shape index (κ3) is 2.97. The number of aliphatic carboxylic acids is 1. The Hall–Kier alpha value is -1.71. The molecule has 0 amide bonds. The van der Waals surface area contributed by atoms with Crippen molar-refractivity contribution in [1.82, 2.24) is 9.97 Å². The molecule has 1 rings (SSSR count). The number of aromatic nitrogens is 2. The third-order valence-corrected chi connectivity index (χ3v) is 1.63. The summed E-state index contributed by atoms with van der Waals surface area (Å²) < 4.78 is 0. The Kier molecular flexibility index (Phi) is 3.34. The maximum Gasteiger partial charge on any atom is 0.328 e.